The van der Waals surface area contributed by atoms with Crippen LogP contribution in [0, 0.1) is 0 Å². The Kier molecular flexibility index (Phi) is 5.36. The maximum Gasteiger partial charge on any atom is 0.284 e. The van der Waals surface area contributed by atoms with Crippen molar-refractivity contribution in [3.63, 3.8) is 0 Å². The van der Waals surface area contributed by atoms with Crippen molar-refractivity contribution in [3.05, 3.63) is 101 Å². The molecule has 186 valence electrons. The number of hydrogen-bond donors (Lipinski definition) is 2. The Labute approximate surface area is 217 Å². The maximum absolute atomic E-state index is 14.3. The van der Waals surface area contributed by atoms with Crippen LogP contribution in [0.25, 0.3) is 44.5 Å². The molecule has 4 aromatic heterocycles. The van der Waals surface area contributed by atoms with Gasteiger partial charge in [-0.2, -0.15) is 9.61 Å². The SMILES string of the molecule is O=c1c(-c2ccc3ncccc3c2)c(Nc2ccon2)[nH]c2c(C3=CCCCC3)c(-c3ccccc3)nn12. The number of pyridine rings is 1. The van der Waals surface area contributed by atoms with Crippen LogP contribution in [0.2, 0.25) is 0 Å². The third-order valence-electron chi connectivity index (χ3n) is 7.03. The van der Waals surface area contributed by atoms with Gasteiger partial charge in [0.15, 0.2) is 5.82 Å². The van der Waals surface area contributed by atoms with Gasteiger partial charge in [0.05, 0.1) is 11.1 Å². The Hall–Kier alpha value is -4.98. The lowest BCUT2D eigenvalue weighted by atomic mass is 9.92. The third kappa shape index (κ3) is 3.78. The number of H-pyrrole nitrogens is 1. The number of aromatic nitrogens is 5. The summed E-state index contributed by atoms with van der Waals surface area (Å²) in [4.78, 5) is 22.2. The maximum atomic E-state index is 14.3. The predicted molar refractivity (Wildman–Crippen MR) is 148 cm³/mol. The second-order valence-corrected chi connectivity index (χ2v) is 9.43. The van der Waals surface area contributed by atoms with E-state index in [0.717, 1.165) is 52.5 Å². The summed E-state index contributed by atoms with van der Waals surface area (Å²) in [6, 6.07) is 21.4. The Bertz CT molecular complexity index is 1870. The highest BCUT2D eigenvalue weighted by atomic mass is 16.5. The molecule has 0 bridgehead atoms. The molecule has 0 atom stereocenters. The van der Waals surface area contributed by atoms with Gasteiger partial charge in [0.1, 0.15) is 23.4 Å². The van der Waals surface area contributed by atoms with Crippen molar-refractivity contribution in [1.82, 2.24) is 24.7 Å². The molecule has 0 saturated carbocycles. The number of aromatic amines is 1. The fraction of sp³-hybridized carbons (Fsp3) is 0.133. The summed E-state index contributed by atoms with van der Waals surface area (Å²) in [6.07, 6.45) is 9.75. The molecule has 8 heteroatoms. The first kappa shape index (κ1) is 22.2. The van der Waals surface area contributed by atoms with Gasteiger partial charge < -0.3 is 14.8 Å². The Morgan fingerprint density at radius 3 is 2.68 bits per heavy atom. The van der Waals surface area contributed by atoms with E-state index in [1.807, 2.05) is 60.7 Å². The van der Waals surface area contributed by atoms with E-state index in [-0.39, 0.29) is 5.56 Å². The molecule has 4 heterocycles. The summed E-state index contributed by atoms with van der Waals surface area (Å²) >= 11 is 0. The summed E-state index contributed by atoms with van der Waals surface area (Å²) in [5, 5.41) is 13.1. The normalized spacial score (nSPS) is 13.6. The van der Waals surface area contributed by atoms with Crippen LogP contribution < -0.4 is 10.9 Å². The topological polar surface area (TPSA) is 101 Å². The number of anilines is 2. The molecule has 0 spiro atoms. The molecular formula is C30H24N6O2. The first-order valence-corrected chi connectivity index (χ1v) is 12.7. The first-order chi connectivity index (χ1) is 18.8. The van der Waals surface area contributed by atoms with Gasteiger partial charge in [-0.05, 0) is 55.0 Å². The fourth-order valence-corrected chi connectivity index (χ4v) is 5.24. The van der Waals surface area contributed by atoms with Gasteiger partial charge in [0, 0.05) is 28.8 Å². The number of nitrogens with zero attached hydrogens (tertiary/aromatic N) is 4. The average molecular weight is 501 g/mol. The van der Waals surface area contributed by atoms with Crippen molar-refractivity contribution in [2.75, 3.05) is 5.32 Å². The monoisotopic (exact) mass is 500 g/mol. The summed E-state index contributed by atoms with van der Waals surface area (Å²) in [7, 11) is 0. The first-order valence-electron chi connectivity index (χ1n) is 12.7. The second-order valence-electron chi connectivity index (χ2n) is 9.43. The molecule has 0 unspecified atom stereocenters. The van der Waals surface area contributed by atoms with Crippen LogP contribution in [-0.4, -0.2) is 24.7 Å². The predicted octanol–water partition coefficient (Wildman–Crippen LogP) is 6.59. The molecule has 8 nitrogen and oxygen atoms in total. The minimum Gasteiger partial charge on any atom is -0.363 e. The zero-order valence-electron chi connectivity index (χ0n) is 20.5. The van der Waals surface area contributed by atoms with Crippen LogP contribution in [0.4, 0.5) is 11.6 Å². The number of fused-ring (bicyclic) bond motifs is 2. The van der Waals surface area contributed by atoms with E-state index in [9.17, 15) is 4.79 Å². The van der Waals surface area contributed by atoms with E-state index < -0.39 is 0 Å². The van der Waals surface area contributed by atoms with E-state index in [0.29, 0.717) is 22.8 Å². The lowest BCUT2D eigenvalue weighted by Crippen LogP contribution is -2.20. The number of hydrogen-bond acceptors (Lipinski definition) is 6. The van der Waals surface area contributed by atoms with Crippen molar-refractivity contribution in [3.8, 4) is 22.4 Å². The minimum absolute atomic E-state index is 0.229. The Morgan fingerprint density at radius 2 is 1.87 bits per heavy atom. The van der Waals surface area contributed by atoms with E-state index in [1.54, 1.807) is 12.3 Å². The summed E-state index contributed by atoms with van der Waals surface area (Å²) in [5.41, 5.74) is 6.41. The molecule has 6 aromatic rings. The van der Waals surface area contributed by atoms with E-state index in [2.05, 4.69) is 26.5 Å². The zero-order valence-corrected chi connectivity index (χ0v) is 20.5. The van der Waals surface area contributed by atoms with Crippen LogP contribution in [0.15, 0.2) is 94.6 Å². The van der Waals surface area contributed by atoms with Gasteiger partial charge in [0.2, 0.25) is 0 Å². The molecule has 0 fully saturated rings. The van der Waals surface area contributed by atoms with Gasteiger partial charge in [-0.1, -0.05) is 53.7 Å². The van der Waals surface area contributed by atoms with Crippen LogP contribution in [-0.2, 0) is 0 Å². The number of nitrogens with one attached hydrogen (secondary N) is 2. The molecule has 0 saturated heterocycles. The molecule has 7 rings (SSSR count). The van der Waals surface area contributed by atoms with Crippen LogP contribution in [0.5, 0.6) is 0 Å². The summed E-state index contributed by atoms with van der Waals surface area (Å²) < 4.78 is 6.55. The molecular weight excluding hydrogens is 476 g/mol. The highest BCUT2D eigenvalue weighted by Gasteiger charge is 2.25. The molecule has 2 N–H and O–H groups in total. The number of allylic oxidation sites excluding steroid dienone is 2. The molecule has 0 radical (unpaired) electrons. The Morgan fingerprint density at radius 1 is 0.947 bits per heavy atom. The quantitative estimate of drug-likeness (QED) is 0.277. The highest BCUT2D eigenvalue weighted by molar-refractivity contribution is 5.91. The minimum atomic E-state index is -0.229. The van der Waals surface area contributed by atoms with Crippen molar-refractivity contribution < 1.29 is 4.52 Å². The second kappa shape index (κ2) is 9.15. The third-order valence-corrected chi connectivity index (χ3v) is 7.03. The van der Waals surface area contributed by atoms with E-state index in [4.69, 9.17) is 9.62 Å². The van der Waals surface area contributed by atoms with Gasteiger partial charge in [-0.25, -0.2) is 0 Å². The molecule has 1 aliphatic carbocycles. The molecule has 0 amide bonds. The lowest BCUT2D eigenvalue weighted by Gasteiger charge is -2.15. The molecule has 2 aromatic carbocycles. The number of benzene rings is 2. The smallest absolute Gasteiger partial charge is 0.284 e. The zero-order chi connectivity index (χ0) is 25.5. The van der Waals surface area contributed by atoms with E-state index >= 15 is 0 Å². The van der Waals surface area contributed by atoms with Crippen LogP contribution >= 0.6 is 0 Å². The standard InChI is InChI=1S/C30H24N6O2/c37-30-26(22-13-14-23-21(18-22)12-7-16-31-23)28(32-24-15-17-38-35-24)33-29-25(19-8-3-1-4-9-19)27(34-36(29)30)20-10-5-2-6-11-20/h2,5-8,10-18,33H,1,3-4,9H2,(H,32,35). The number of rotatable bonds is 5. The Balaban J connectivity index is 1.54. The van der Waals surface area contributed by atoms with Gasteiger partial charge in [0.25, 0.3) is 5.56 Å². The molecule has 1 aliphatic rings. The van der Waals surface area contributed by atoms with Crippen molar-refractivity contribution in [1.29, 1.82) is 0 Å². The van der Waals surface area contributed by atoms with Gasteiger partial charge in [-0.3, -0.25) is 9.78 Å². The van der Waals surface area contributed by atoms with Crippen molar-refractivity contribution >= 4 is 33.8 Å². The molecule has 38 heavy (non-hydrogen) atoms. The fourth-order valence-electron chi connectivity index (χ4n) is 5.24. The van der Waals surface area contributed by atoms with Crippen molar-refractivity contribution in [2.45, 2.75) is 25.7 Å². The van der Waals surface area contributed by atoms with Gasteiger partial charge >= 0.3 is 0 Å². The van der Waals surface area contributed by atoms with E-state index in [1.165, 1.54) is 22.8 Å². The van der Waals surface area contributed by atoms with Crippen LogP contribution in [0.3, 0.4) is 0 Å². The van der Waals surface area contributed by atoms with Crippen molar-refractivity contribution in [2.24, 2.45) is 0 Å². The van der Waals surface area contributed by atoms with Crippen LogP contribution in [0.1, 0.15) is 31.2 Å². The summed E-state index contributed by atoms with van der Waals surface area (Å²) in [6.45, 7) is 0. The lowest BCUT2D eigenvalue weighted by molar-refractivity contribution is 0.423. The highest BCUT2D eigenvalue weighted by Crippen LogP contribution is 2.37. The van der Waals surface area contributed by atoms with Gasteiger partial charge in [-0.15, -0.1) is 0 Å². The average Bonchev–Trinajstić information content (AvgIpc) is 3.62. The summed E-state index contributed by atoms with van der Waals surface area (Å²) in [5.74, 6) is 1.02. The largest absolute Gasteiger partial charge is 0.363 e. The molecule has 0 aliphatic heterocycles.